The number of aromatic nitrogens is 1. The molecule has 0 saturated carbocycles. The topological polar surface area (TPSA) is 17.4 Å². The smallest absolute Gasteiger partial charge is 0.132 e. The fourth-order valence-electron chi connectivity index (χ4n) is 15.4. The Bertz CT molecular complexity index is 4510. The van der Waals surface area contributed by atoms with Gasteiger partial charge in [-0.25, -0.2) is 0 Å². The van der Waals surface area contributed by atoms with Crippen LogP contribution in [0.15, 0.2) is 240 Å². The Morgan fingerprint density at radius 3 is 1.17 bits per heavy atom. The molecule has 0 bridgehead atoms. The number of hydrogen-bond acceptors (Lipinski definition) is 3. The van der Waals surface area contributed by atoms with Crippen molar-refractivity contribution in [3.05, 3.63) is 297 Å². The zero-order valence-corrected chi connectivity index (χ0v) is 53.5. The van der Waals surface area contributed by atoms with E-state index in [1.54, 1.807) is 0 Å². The van der Waals surface area contributed by atoms with Gasteiger partial charge in [0, 0.05) is 54.4 Å². The monoisotopic (exact) mass is 1160 g/mol. The van der Waals surface area contributed by atoms with E-state index < -0.39 is 10.8 Å². The second-order valence-electron chi connectivity index (χ2n) is 29.3. The largest absolute Gasteiger partial charge is 0.457 e. The third-order valence-electron chi connectivity index (χ3n) is 19.9. The normalized spacial score (nSPS) is 14.8. The predicted octanol–water partition coefficient (Wildman–Crippen LogP) is 22.7. The summed E-state index contributed by atoms with van der Waals surface area (Å²) < 4.78 is 9.62. The fourth-order valence-corrected chi connectivity index (χ4v) is 16.6. The molecule has 11 aromatic carbocycles. The predicted molar refractivity (Wildman–Crippen MR) is 369 cm³/mol. The summed E-state index contributed by atoms with van der Waals surface area (Å²) in [7, 11) is 0. The van der Waals surface area contributed by atoms with E-state index in [2.05, 4.69) is 323 Å². The molecule has 3 nitrogen and oxygen atoms in total. The van der Waals surface area contributed by atoms with E-state index in [4.69, 9.17) is 4.74 Å². The lowest BCUT2D eigenvalue weighted by molar-refractivity contribution is 0.433. The lowest BCUT2D eigenvalue weighted by Crippen LogP contribution is -2.33. The van der Waals surface area contributed by atoms with Crippen LogP contribution in [0, 0.1) is 0 Å². The zero-order chi connectivity index (χ0) is 60.6. The summed E-state index contributed by atoms with van der Waals surface area (Å²) >= 11 is 1.93. The quantitative estimate of drug-likeness (QED) is 0.175. The number of para-hydroxylation sites is 2. The Labute approximate surface area is 523 Å². The van der Waals surface area contributed by atoms with Gasteiger partial charge in [0.2, 0.25) is 0 Å². The minimum atomic E-state index is -0.726. The molecule has 88 heavy (non-hydrogen) atoms. The molecule has 1 aromatic heterocycles. The van der Waals surface area contributed by atoms with Crippen molar-refractivity contribution in [1.82, 2.24) is 4.57 Å². The molecule has 2 spiro atoms. The van der Waals surface area contributed by atoms with Crippen LogP contribution in [0.4, 0.5) is 17.1 Å². The Balaban J connectivity index is 1.01. The van der Waals surface area contributed by atoms with Crippen molar-refractivity contribution in [2.24, 2.45) is 0 Å². The molecule has 4 heteroatoms. The highest BCUT2D eigenvalue weighted by atomic mass is 32.2. The fraction of sp³-hybridized carbons (Fsp3) is 0.214. The summed E-state index contributed by atoms with van der Waals surface area (Å²) in [6.07, 6.45) is 0. The minimum Gasteiger partial charge on any atom is -0.457 e. The maximum absolute atomic E-state index is 7.17. The first-order valence-electron chi connectivity index (χ1n) is 31.5. The van der Waals surface area contributed by atoms with Crippen molar-refractivity contribution in [2.75, 3.05) is 4.90 Å². The summed E-state index contributed by atoms with van der Waals surface area (Å²) in [6.45, 7) is 28.1. The summed E-state index contributed by atoms with van der Waals surface area (Å²) in [4.78, 5) is 5.18. The molecule has 3 heterocycles. The van der Waals surface area contributed by atoms with E-state index in [-0.39, 0.29) is 21.7 Å². The van der Waals surface area contributed by atoms with Gasteiger partial charge in [-0.05, 0) is 191 Å². The SMILES string of the molecule is CC(C)(C)c1ccc2c(c1)C1(c3cc(C(C)(C)C)ccc3O2)c2ccccc2-c2ccc(N(c3cccc(-n4c5ccccc5c5ccccc54)c3)c3ccc4c(c3)C3(c5cc(C(C)(C)C)ccc5Sc5ccc(C(C)(C)C)cc53)c3ccccc3-4)cc21. The van der Waals surface area contributed by atoms with Crippen molar-refractivity contribution in [1.29, 1.82) is 0 Å². The van der Waals surface area contributed by atoms with E-state index in [0.717, 1.165) is 34.2 Å². The molecule has 4 aliphatic rings. The Kier molecular flexibility index (Phi) is 11.7. The summed E-state index contributed by atoms with van der Waals surface area (Å²) in [5.41, 5.74) is 25.4. The highest BCUT2D eigenvalue weighted by molar-refractivity contribution is 7.99. The van der Waals surface area contributed by atoms with Gasteiger partial charge in [0.05, 0.1) is 21.9 Å². The van der Waals surface area contributed by atoms with Crippen LogP contribution < -0.4 is 9.64 Å². The van der Waals surface area contributed by atoms with Gasteiger partial charge in [-0.1, -0.05) is 234 Å². The van der Waals surface area contributed by atoms with E-state index in [1.807, 2.05) is 11.8 Å². The molecule has 0 saturated heterocycles. The number of rotatable bonds is 4. The summed E-state index contributed by atoms with van der Waals surface area (Å²) in [6, 6.07) is 89.0. The molecule has 0 amide bonds. The third kappa shape index (κ3) is 7.83. The van der Waals surface area contributed by atoms with Gasteiger partial charge >= 0.3 is 0 Å². The Morgan fingerprint density at radius 1 is 0.318 bits per heavy atom. The average Bonchev–Trinajstić information content (AvgIpc) is 1.44. The molecule has 432 valence electrons. The molecule has 0 fully saturated rings. The van der Waals surface area contributed by atoms with Gasteiger partial charge in [0.25, 0.3) is 0 Å². The number of hydrogen-bond donors (Lipinski definition) is 0. The van der Waals surface area contributed by atoms with Crippen LogP contribution in [0.25, 0.3) is 49.7 Å². The highest BCUT2D eigenvalue weighted by Gasteiger charge is 2.54. The molecule has 0 unspecified atom stereocenters. The second-order valence-corrected chi connectivity index (χ2v) is 30.4. The van der Waals surface area contributed by atoms with Crippen molar-refractivity contribution in [3.63, 3.8) is 0 Å². The van der Waals surface area contributed by atoms with Crippen LogP contribution >= 0.6 is 11.8 Å². The van der Waals surface area contributed by atoms with Crippen LogP contribution in [0.3, 0.4) is 0 Å². The number of ether oxygens (including phenoxy) is 1. The van der Waals surface area contributed by atoms with Gasteiger partial charge in [-0.3, -0.25) is 0 Å². The molecule has 0 atom stereocenters. The van der Waals surface area contributed by atoms with E-state index in [1.165, 1.54) is 121 Å². The molecule has 12 aromatic rings. The third-order valence-corrected chi connectivity index (χ3v) is 21.1. The minimum absolute atomic E-state index is 0.0753. The van der Waals surface area contributed by atoms with Crippen molar-refractivity contribution in [2.45, 2.75) is 125 Å². The van der Waals surface area contributed by atoms with Crippen LogP contribution in [-0.4, -0.2) is 4.57 Å². The molecule has 16 rings (SSSR count). The van der Waals surface area contributed by atoms with Crippen LogP contribution in [0.1, 0.15) is 150 Å². The number of anilines is 3. The van der Waals surface area contributed by atoms with E-state index in [9.17, 15) is 0 Å². The standard InChI is InChI=1S/C84H74N2OS/c1-79(2,3)51-32-40-75-69(44-51)83(70-45-52(80(4,5)6)33-41-76(70)87-75)65-28-17-13-24-59(65)61-38-36-57(49-67(61)83)85(55-22-21-23-56(48-55)86-73-30-19-15-26-63(73)64-27-16-20-31-74(64)86)58-37-39-62-60-25-14-18-29-66(60)84(68(62)50-58)71-46-53(81(7,8)9)34-42-77(71)88-78-43-35-54(47-72(78)84)82(10,11)12/h13-50H,1-12H3. The molecule has 2 aliphatic carbocycles. The van der Waals surface area contributed by atoms with Crippen LogP contribution in [0.5, 0.6) is 11.5 Å². The number of benzene rings is 11. The second kappa shape index (κ2) is 18.8. The zero-order valence-electron chi connectivity index (χ0n) is 52.7. The first kappa shape index (κ1) is 54.6. The number of nitrogens with zero attached hydrogens (tertiary/aromatic N) is 2. The van der Waals surface area contributed by atoms with Gasteiger partial charge in [-0.15, -0.1) is 0 Å². The Hall–Kier alpha value is -8.83. The summed E-state index contributed by atoms with van der Waals surface area (Å²) in [5.74, 6) is 1.79. The van der Waals surface area contributed by atoms with Crippen LogP contribution in [0.2, 0.25) is 0 Å². The van der Waals surface area contributed by atoms with E-state index >= 15 is 0 Å². The van der Waals surface area contributed by atoms with Gasteiger partial charge in [0.15, 0.2) is 0 Å². The summed E-state index contributed by atoms with van der Waals surface area (Å²) in [5, 5.41) is 2.48. The lowest BCUT2D eigenvalue weighted by atomic mass is 9.64. The highest BCUT2D eigenvalue weighted by Crippen LogP contribution is 2.66. The first-order valence-corrected chi connectivity index (χ1v) is 32.3. The maximum atomic E-state index is 7.17. The van der Waals surface area contributed by atoms with Crippen molar-refractivity contribution in [3.8, 4) is 39.4 Å². The molecular weight excluding hydrogens is 1090 g/mol. The average molecular weight is 1160 g/mol. The van der Waals surface area contributed by atoms with Gasteiger partial charge < -0.3 is 14.2 Å². The van der Waals surface area contributed by atoms with Crippen molar-refractivity contribution < 1.29 is 4.74 Å². The molecular formula is C84H74N2OS. The van der Waals surface area contributed by atoms with E-state index in [0.29, 0.717) is 0 Å². The van der Waals surface area contributed by atoms with Gasteiger partial charge in [-0.2, -0.15) is 0 Å². The van der Waals surface area contributed by atoms with Crippen molar-refractivity contribution >= 4 is 50.6 Å². The molecule has 0 radical (unpaired) electrons. The van der Waals surface area contributed by atoms with Gasteiger partial charge in [0.1, 0.15) is 11.5 Å². The number of fused-ring (bicyclic) bond motifs is 21. The first-order chi connectivity index (χ1) is 42.1. The maximum Gasteiger partial charge on any atom is 0.132 e. The lowest BCUT2D eigenvalue weighted by Gasteiger charge is -2.42. The Morgan fingerprint density at radius 2 is 0.705 bits per heavy atom. The molecule has 2 aliphatic heterocycles. The van der Waals surface area contributed by atoms with Crippen LogP contribution in [-0.2, 0) is 32.5 Å². The molecule has 0 N–H and O–H groups in total.